The molecule has 3 nitrogen and oxygen atoms in total. The monoisotopic (exact) mass is 281 g/mol. The summed E-state index contributed by atoms with van der Waals surface area (Å²) < 4.78 is 0. The minimum atomic E-state index is 0.634. The first-order valence-corrected chi connectivity index (χ1v) is 7.41. The third-order valence-corrected chi connectivity index (χ3v) is 4.24. The van der Waals surface area contributed by atoms with Gasteiger partial charge >= 0.3 is 0 Å². The van der Waals surface area contributed by atoms with E-state index in [9.17, 15) is 0 Å². The summed E-state index contributed by atoms with van der Waals surface area (Å²) in [4.78, 5) is 4.94. The summed E-state index contributed by atoms with van der Waals surface area (Å²) in [7, 11) is 4.20. The van der Waals surface area contributed by atoms with Crippen molar-refractivity contribution in [3.8, 4) is 0 Å². The van der Waals surface area contributed by atoms with Crippen LogP contribution in [0.25, 0.3) is 0 Å². The first kappa shape index (κ1) is 14.6. The molecule has 1 N–H and O–H groups in total. The molecule has 1 aromatic carbocycles. The maximum absolute atomic E-state index is 6.18. The Morgan fingerprint density at radius 2 is 2.16 bits per heavy atom. The van der Waals surface area contributed by atoms with Crippen molar-refractivity contribution in [1.82, 2.24) is 10.2 Å². The SMILES string of the molecule is CCC1CN(c2cc(Cl)ccc2CNC)CCN1C. The number of hydrogen-bond acceptors (Lipinski definition) is 3. The van der Waals surface area contributed by atoms with Crippen LogP contribution in [0.1, 0.15) is 18.9 Å². The highest BCUT2D eigenvalue weighted by atomic mass is 35.5. The van der Waals surface area contributed by atoms with Crippen molar-refractivity contribution < 1.29 is 0 Å². The summed E-state index contributed by atoms with van der Waals surface area (Å²) in [5.74, 6) is 0. The number of likely N-dealkylation sites (N-methyl/N-ethyl adjacent to an activating group) is 1. The molecule has 1 aromatic rings. The Kier molecular flexibility index (Phi) is 5.08. The Morgan fingerprint density at radius 1 is 1.37 bits per heavy atom. The molecule has 19 heavy (non-hydrogen) atoms. The van der Waals surface area contributed by atoms with E-state index in [0.717, 1.165) is 31.2 Å². The zero-order valence-corrected chi connectivity index (χ0v) is 12.9. The van der Waals surface area contributed by atoms with Crippen molar-refractivity contribution in [1.29, 1.82) is 0 Å². The third-order valence-electron chi connectivity index (χ3n) is 4.00. The van der Waals surface area contributed by atoms with Crippen LogP contribution in [0.2, 0.25) is 5.02 Å². The van der Waals surface area contributed by atoms with Crippen LogP contribution < -0.4 is 10.2 Å². The number of hydrogen-bond donors (Lipinski definition) is 1. The van der Waals surface area contributed by atoms with E-state index in [0.29, 0.717) is 6.04 Å². The van der Waals surface area contributed by atoms with Gasteiger partial charge in [-0.15, -0.1) is 0 Å². The van der Waals surface area contributed by atoms with Crippen LogP contribution in [0, 0.1) is 0 Å². The van der Waals surface area contributed by atoms with Crippen molar-refractivity contribution in [2.45, 2.75) is 25.9 Å². The number of nitrogens with one attached hydrogen (secondary N) is 1. The van der Waals surface area contributed by atoms with Gasteiger partial charge in [-0.1, -0.05) is 24.6 Å². The molecule has 0 saturated carbocycles. The Morgan fingerprint density at radius 3 is 2.84 bits per heavy atom. The molecular weight excluding hydrogens is 258 g/mol. The largest absolute Gasteiger partial charge is 0.368 e. The first-order chi connectivity index (χ1) is 9.15. The summed E-state index contributed by atoms with van der Waals surface area (Å²) in [5.41, 5.74) is 2.61. The van der Waals surface area contributed by atoms with Gasteiger partial charge in [0, 0.05) is 42.9 Å². The third kappa shape index (κ3) is 3.41. The average Bonchev–Trinajstić information content (AvgIpc) is 2.42. The van der Waals surface area contributed by atoms with Crippen LogP contribution in [-0.2, 0) is 6.54 Å². The van der Waals surface area contributed by atoms with Crippen molar-refractivity contribution in [2.24, 2.45) is 0 Å². The Labute approximate surface area is 121 Å². The highest BCUT2D eigenvalue weighted by Crippen LogP contribution is 2.27. The fourth-order valence-electron chi connectivity index (χ4n) is 2.78. The summed E-state index contributed by atoms with van der Waals surface area (Å²) in [6.07, 6.45) is 1.19. The number of benzene rings is 1. The standard InChI is InChI=1S/C15H24ClN3/c1-4-14-11-19(8-7-18(14)3)15-9-13(16)6-5-12(15)10-17-2/h5-6,9,14,17H,4,7-8,10-11H2,1-3H3. The lowest BCUT2D eigenvalue weighted by atomic mass is 10.1. The second-order valence-electron chi connectivity index (χ2n) is 5.29. The number of nitrogens with zero attached hydrogens (tertiary/aromatic N) is 2. The van der Waals surface area contributed by atoms with Gasteiger partial charge in [0.25, 0.3) is 0 Å². The number of anilines is 1. The smallest absolute Gasteiger partial charge is 0.0427 e. The molecule has 106 valence electrons. The zero-order valence-electron chi connectivity index (χ0n) is 12.1. The predicted octanol–water partition coefficient (Wildman–Crippen LogP) is 2.59. The van der Waals surface area contributed by atoms with Gasteiger partial charge in [0.2, 0.25) is 0 Å². The van der Waals surface area contributed by atoms with Crippen LogP contribution >= 0.6 is 11.6 Å². The van der Waals surface area contributed by atoms with Crippen molar-refractivity contribution in [2.75, 3.05) is 38.6 Å². The van der Waals surface area contributed by atoms with Crippen molar-refractivity contribution in [3.63, 3.8) is 0 Å². The summed E-state index contributed by atoms with van der Waals surface area (Å²) in [5, 5.41) is 4.06. The van der Waals surface area contributed by atoms with E-state index in [1.54, 1.807) is 0 Å². The highest BCUT2D eigenvalue weighted by molar-refractivity contribution is 6.30. The van der Waals surface area contributed by atoms with E-state index in [4.69, 9.17) is 11.6 Å². The van der Waals surface area contributed by atoms with E-state index in [2.05, 4.69) is 41.2 Å². The lowest BCUT2D eigenvalue weighted by molar-refractivity contribution is 0.213. The molecule has 0 aromatic heterocycles. The molecule has 1 saturated heterocycles. The van der Waals surface area contributed by atoms with E-state index in [-0.39, 0.29) is 0 Å². The molecule has 1 fully saturated rings. The minimum absolute atomic E-state index is 0.634. The Balaban J connectivity index is 2.22. The fraction of sp³-hybridized carbons (Fsp3) is 0.600. The predicted molar refractivity (Wildman–Crippen MR) is 83.1 cm³/mol. The van der Waals surface area contributed by atoms with E-state index >= 15 is 0 Å². The number of halogens is 1. The summed E-state index contributed by atoms with van der Waals surface area (Å²) in [6.45, 7) is 6.42. The van der Waals surface area contributed by atoms with Gasteiger partial charge in [-0.2, -0.15) is 0 Å². The molecule has 0 bridgehead atoms. The first-order valence-electron chi connectivity index (χ1n) is 7.04. The molecule has 0 spiro atoms. The molecule has 1 heterocycles. The maximum Gasteiger partial charge on any atom is 0.0427 e. The van der Waals surface area contributed by atoms with Crippen LogP contribution in [0.4, 0.5) is 5.69 Å². The van der Waals surface area contributed by atoms with E-state index in [1.165, 1.54) is 17.7 Å². The second-order valence-corrected chi connectivity index (χ2v) is 5.73. The fourth-order valence-corrected chi connectivity index (χ4v) is 2.94. The summed E-state index contributed by atoms with van der Waals surface area (Å²) >= 11 is 6.18. The lowest BCUT2D eigenvalue weighted by Crippen LogP contribution is -2.51. The minimum Gasteiger partial charge on any atom is -0.368 e. The normalized spacial score (nSPS) is 20.8. The Bertz CT molecular complexity index is 422. The van der Waals surface area contributed by atoms with Crippen LogP contribution in [0.15, 0.2) is 18.2 Å². The molecule has 1 aliphatic rings. The van der Waals surface area contributed by atoms with Gasteiger partial charge in [-0.05, 0) is 38.2 Å². The lowest BCUT2D eigenvalue weighted by Gasteiger charge is -2.41. The topological polar surface area (TPSA) is 18.5 Å². The molecule has 0 aliphatic carbocycles. The highest BCUT2D eigenvalue weighted by Gasteiger charge is 2.24. The van der Waals surface area contributed by atoms with Crippen LogP contribution in [-0.4, -0.2) is 44.7 Å². The van der Waals surface area contributed by atoms with Gasteiger partial charge in [-0.25, -0.2) is 0 Å². The Hall–Kier alpha value is -0.770. The van der Waals surface area contributed by atoms with Gasteiger partial charge in [-0.3, -0.25) is 4.90 Å². The van der Waals surface area contributed by atoms with Gasteiger partial charge < -0.3 is 10.2 Å². The average molecular weight is 282 g/mol. The maximum atomic E-state index is 6.18. The van der Waals surface area contributed by atoms with Crippen LogP contribution in [0.3, 0.4) is 0 Å². The quantitative estimate of drug-likeness (QED) is 0.915. The van der Waals surface area contributed by atoms with Gasteiger partial charge in [0.1, 0.15) is 0 Å². The van der Waals surface area contributed by atoms with Gasteiger partial charge in [0.05, 0.1) is 0 Å². The molecule has 2 rings (SSSR count). The summed E-state index contributed by atoms with van der Waals surface area (Å²) in [6, 6.07) is 6.85. The molecule has 1 aliphatic heterocycles. The molecule has 0 amide bonds. The van der Waals surface area contributed by atoms with Crippen LogP contribution in [0.5, 0.6) is 0 Å². The van der Waals surface area contributed by atoms with Crippen molar-refractivity contribution >= 4 is 17.3 Å². The number of rotatable bonds is 4. The molecule has 1 atom stereocenters. The van der Waals surface area contributed by atoms with Gasteiger partial charge in [0.15, 0.2) is 0 Å². The molecule has 1 unspecified atom stereocenters. The van der Waals surface area contributed by atoms with Crippen molar-refractivity contribution in [3.05, 3.63) is 28.8 Å². The second kappa shape index (κ2) is 6.60. The molecular formula is C15H24ClN3. The molecule has 4 heteroatoms. The van der Waals surface area contributed by atoms with E-state index in [1.807, 2.05) is 13.1 Å². The zero-order chi connectivity index (χ0) is 13.8. The number of piperazine rings is 1. The van der Waals surface area contributed by atoms with E-state index < -0.39 is 0 Å². The molecule has 0 radical (unpaired) electrons.